The Balaban J connectivity index is 1.34. The van der Waals surface area contributed by atoms with Gasteiger partial charge in [0.05, 0.1) is 0 Å². The van der Waals surface area contributed by atoms with Crippen molar-refractivity contribution in [2.75, 3.05) is 10.6 Å². The molecule has 0 saturated carbocycles. The third-order valence-corrected chi connectivity index (χ3v) is 9.09. The number of carbonyl (C=O) groups excluding carboxylic acids is 3. The number of rotatable bonds is 10. The molecule has 0 fully saturated rings. The maximum Gasteiger partial charge on any atom is 0.272 e. The summed E-state index contributed by atoms with van der Waals surface area (Å²) in [6, 6.07) is 37.5. The third-order valence-electron chi connectivity index (χ3n) is 6.64. The first-order chi connectivity index (χ1) is 22.3. The highest BCUT2D eigenvalue weighted by molar-refractivity contribution is 9.10. The van der Waals surface area contributed by atoms with Gasteiger partial charge in [0.1, 0.15) is 10.9 Å². The highest BCUT2D eigenvalue weighted by atomic mass is 79.9. The number of nitrogens with one attached hydrogen (secondary N) is 3. The Bertz CT molecular complexity index is 1850. The summed E-state index contributed by atoms with van der Waals surface area (Å²) in [4.78, 5) is 40.7. The van der Waals surface area contributed by atoms with Crippen molar-refractivity contribution in [1.29, 1.82) is 0 Å². The number of hydrogen-bond acceptors (Lipinski definition) is 4. The topological polar surface area (TPSA) is 87.3 Å². The minimum atomic E-state index is -0.572. The monoisotopic (exact) mass is 729 g/mol. The van der Waals surface area contributed by atoms with E-state index in [-0.39, 0.29) is 11.6 Å². The number of halogens is 3. The molecule has 0 bridgehead atoms. The maximum absolute atomic E-state index is 13.5. The molecule has 5 rings (SSSR count). The summed E-state index contributed by atoms with van der Waals surface area (Å²) in [7, 11) is 0. The van der Waals surface area contributed by atoms with Gasteiger partial charge in [0, 0.05) is 41.9 Å². The average molecular weight is 731 g/mol. The van der Waals surface area contributed by atoms with E-state index in [0.717, 1.165) is 14.9 Å². The van der Waals surface area contributed by atoms with E-state index in [1.54, 1.807) is 60.7 Å². The van der Waals surface area contributed by atoms with Gasteiger partial charge in [-0.25, -0.2) is 0 Å². The molecule has 0 heterocycles. The van der Waals surface area contributed by atoms with Crippen molar-refractivity contribution in [3.63, 3.8) is 0 Å². The van der Waals surface area contributed by atoms with Crippen LogP contribution in [-0.4, -0.2) is 17.7 Å². The first-order valence-electron chi connectivity index (χ1n) is 14.0. The van der Waals surface area contributed by atoms with Crippen LogP contribution in [0.2, 0.25) is 10.0 Å². The second-order valence-corrected chi connectivity index (χ2v) is 12.8. The second-order valence-electron chi connectivity index (χ2n) is 9.90. The fourth-order valence-electron chi connectivity index (χ4n) is 4.33. The van der Waals surface area contributed by atoms with Gasteiger partial charge in [0.15, 0.2) is 0 Å². The lowest BCUT2D eigenvalue weighted by molar-refractivity contribution is -0.116. The van der Waals surface area contributed by atoms with E-state index >= 15 is 0 Å². The SMILES string of the molecule is O=C(Nc1ccc(SC(C(=O)Nc2ccc(Br)cc2)c2ccccc2)cc1)/C(=C/c1c(Cl)cccc1Cl)NC(=O)c1ccccc1. The summed E-state index contributed by atoms with van der Waals surface area (Å²) in [6.07, 6.45) is 1.44. The summed E-state index contributed by atoms with van der Waals surface area (Å²) in [5.74, 6) is -1.21. The predicted molar refractivity (Wildman–Crippen MR) is 191 cm³/mol. The first-order valence-corrected chi connectivity index (χ1v) is 16.4. The molecule has 230 valence electrons. The van der Waals surface area contributed by atoms with Gasteiger partial charge in [-0.05, 0) is 84.4 Å². The van der Waals surface area contributed by atoms with Crippen molar-refractivity contribution in [3.8, 4) is 0 Å². The highest BCUT2D eigenvalue weighted by Gasteiger charge is 2.23. The lowest BCUT2D eigenvalue weighted by Crippen LogP contribution is -2.30. The zero-order valence-electron chi connectivity index (χ0n) is 24.0. The third kappa shape index (κ3) is 8.89. The maximum atomic E-state index is 13.5. The minimum absolute atomic E-state index is 0.0453. The lowest BCUT2D eigenvalue weighted by Gasteiger charge is -2.17. The Labute approximate surface area is 289 Å². The van der Waals surface area contributed by atoms with Gasteiger partial charge in [-0.1, -0.05) is 93.7 Å². The van der Waals surface area contributed by atoms with Crippen molar-refractivity contribution in [1.82, 2.24) is 5.32 Å². The van der Waals surface area contributed by atoms with Crippen LogP contribution >= 0.6 is 50.9 Å². The molecule has 0 radical (unpaired) electrons. The molecular formula is C36H26BrCl2N3O3S. The van der Waals surface area contributed by atoms with Crippen LogP contribution in [0.3, 0.4) is 0 Å². The molecule has 0 spiro atoms. The zero-order chi connectivity index (χ0) is 32.5. The van der Waals surface area contributed by atoms with Gasteiger partial charge in [-0.3, -0.25) is 14.4 Å². The standard InChI is InChI=1S/C36H26BrCl2N3O3S/c37-25-14-16-26(17-15-25)41-36(45)33(23-8-3-1-4-9-23)46-28-20-18-27(19-21-28)40-35(44)32(22-29-30(38)12-7-13-31(29)39)42-34(43)24-10-5-2-6-11-24/h1-22,33H,(H,40,44)(H,41,45)(H,42,43)/b32-22-. The Hall–Kier alpha value is -4.34. The van der Waals surface area contributed by atoms with Crippen LogP contribution in [0.1, 0.15) is 26.7 Å². The quantitative estimate of drug-likeness (QED) is 0.0987. The van der Waals surface area contributed by atoms with Crippen LogP contribution in [0.25, 0.3) is 6.08 Å². The van der Waals surface area contributed by atoms with Crippen LogP contribution in [0.5, 0.6) is 0 Å². The summed E-state index contributed by atoms with van der Waals surface area (Å²) in [6.45, 7) is 0. The van der Waals surface area contributed by atoms with Crippen molar-refractivity contribution in [2.24, 2.45) is 0 Å². The molecule has 3 amide bonds. The molecule has 46 heavy (non-hydrogen) atoms. The molecule has 0 aromatic heterocycles. The zero-order valence-corrected chi connectivity index (χ0v) is 28.0. The molecule has 1 atom stereocenters. The van der Waals surface area contributed by atoms with E-state index in [1.165, 1.54) is 17.8 Å². The van der Waals surface area contributed by atoms with Crippen LogP contribution in [0.15, 0.2) is 142 Å². The van der Waals surface area contributed by atoms with Gasteiger partial charge in [0.2, 0.25) is 5.91 Å². The summed E-state index contributed by atoms with van der Waals surface area (Å²) in [5, 5.41) is 8.63. The molecule has 1 unspecified atom stereocenters. The van der Waals surface area contributed by atoms with Gasteiger partial charge in [-0.15, -0.1) is 11.8 Å². The van der Waals surface area contributed by atoms with Crippen LogP contribution < -0.4 is 16.0 Å². The lowest BCUT2D eigenvalue weighted by atomic mass is 10.1. The molecular weight excluding hydrogens is 705 g/mol. The molecule has 0 aliphatic carbocycles. The van der Waals surface area contributed by atoms with Crippen molar-refractivity contribution < 1.29 is 14.4 Å². The Morgan fingerprint density at radius 1 is 0.674 bits per heavy atom. The van der Waals surface area contributed by atoms with E-state index in [2.05, 4.69) is 31.9 Å². The Morgan fingerprint density at radius 3 is 1.87 bits per heavy atom. The normalized spacial score (nSPS) is 11.8. The van der Waals surface area contributed by atoms with Gasteiger partial charge < -0.3 is 16.0 Å². The number of thioether (sulfide) groups is 1. The Kier molecular flexibility index (Phi) is 11.3. The summed E-state index contributed by atoms with van der Waals surface area (Å²) >= 11 is 17.5. The van der Waals surface area contributed by atoms with Gasteiger partial charge in [-0.2, -0.15) is 0 Å². The number of benzene rings is 5. The summed E-state index contributed by atoms with van der Waals surface area (Å²) in [5.41, 5.74) is 2.75. The molecule has 0 aliphatic heterocycles. The smallest absolute Gasteiger partial charge is 0.272 e. The number of carbonyl (C=O) groups is 3. The first kappa shape index (κ1) is 33.0. The van der Waals surface area contributed by atoms with E-state index in [4.69, 9.17) is 23.2 Å². The van der Waals surface area contributed by atoms with E-state index in [1.807, 2.05) is 66.7 Å². The van der Waals surface area contributed by atoms with Gasteiger partial charge in [0.25, 0.3) is 11.8 Å². The molecule has 5 aromatic carbocycles. The second kappa shape index (κ2) is 15.8. The molecule has 6 nitrogen and oxygen atoms in total. The molecule has 5 aromatic rings. The van der Waals surface area contributed by atoms with Crippen molar-refractivity contribution in [2.45, 2.75) is 10.1 Å². The number of hydrogen-bond donors (Lipinski definition) is 3. The van der Waals surface area contributed by atoms with Crippen LogP contribution in [-0.2, 0) is 9.59 Å². The number of anilines is 2. The van der Waals surface area contributed by atoms with Crippen LogP contribution in [0, 0.1) is 0 Å². The number of amides is 3. The van der Waals surface area contributed by atoms with Gasteiger partial charge >= 0.3 is 0 Å². The molecule has 0 aliphatic rings. The summed E-state index contributed by atoms with van der Waals surface area (Å²) < 4.78 is 0.917. The van der Waals surface area contributed by atoms with Crippen LogP contribution in [0.4, 0.5) is 11.4 Å². The van der Waals surface area contributed by atoms with E-state index < -0.39 is 17.1 Å². The molecule has 10 heteroatoms. The minimum Gasteiger partial charge on any atom is -0.325 e. The average Bonchev–Trinajstić information content (AvgIpc) is 3.07. The Morgan fingerprint density at radius 2 is 1.24 bits per heavy atom. The van der Waals surface area contributed by atoms with Crippen molar-refractivity contribution >= 4 is 86.1 Å². The van der Waals surface area contributed by atoms with Crippen molar-refractivity contribution in [3.05, 3.63) is 164 Å². The van der Waals surface area contributed by atoms with E-state index in [9.17, 15) is 14.4 Å². The fourth-order valence-corrected chi connectivity index (χ4v) is 6.12. The molecule has 3 N–H and O–H groups in total. The van der Waals surface area contributed by atoms with E-state index in [0.29, 0.717) is 32.5 Å². The predicted octanol–water partition coefficient (Wildman–Crippen LogP) is 9.64. The largest absolute Gasteiger partial charge is 0.325 e. The highest BCUT2D eigenvalue weighted by Crippen LogP contribution is 2.37. The fraction of sp³-hybridized carbons (Fsp3) is 0.0278. The molecule has 0 saturated heterocycles.